The van der Waals surface area contributed by atoms with Crippen LogP contribution in [0.25, 0.3) is 0 Å². The number of aromatic nitrogens is 2. The number of hydrogen-bond acceptors (Lipinski definition) is 6. The number of anilines is 1. The van der Waals surface area contributed by atoms with E-state index >= 15 is 0 Å². The maximum absolute atomic E-state index is 5.81. The van der Waals surface area contributed by atoms with Gasteiger partial charge in [-0.2, -0.15) is 0 Å². The average molecular weight is 280 g/mol. The molecule has 1 aliphatic heterocycles. The summed E-state index contributed by atoms with van der Waals surface area (Å²) in [7, 11) is 0. The highest BCUT2D eigenvalue weighted by atomic mass is 16.5. The number of rotatable bonds is 5. The zero-order valence-corrected chi connectivity index (χ0v) is 12.3. The minimum Gasteiger partial charge on any atom is -0.407 e. The Hall–Kier alpha value is -1.14. The molecule has 1 aromatic rings. The van der Waals surface area contributed by atoms with E-state index in [0.29, 0.717) is 36.5 Å². The van der Waals surface area contributed by atoms with Gasteiger partial charge in [0.2, 0.25) is 5.89 Å². The van der Waals surface area contributed by atoms with Gasteiger partial charge in [-0.05, 0) is 31.7 Å². The highest BCUT2D eigenvalue weighted by Crippen LogP contribution is 2.32. The lowest BCUT2D eigenvalue weighted by atomic mass is 10.1. The lowest BCUT2D eigenvalue weighted by Gasteiger charge is -2.36. The van der Waals surface area contributed by atoms with Crippen molar-refractivity contribution in [2.75, 3.05) is 24.6 Å². The van der Waals surface area contributed by atoms with E-state index in [2.05, 4.69) is 34.3 Å². The molecule has 1 aliphatic carbocycles. The zero-order valence-electron chi connectivity index (χ0n) is 12.3. The van der Waals surface area contributed by atoms with Gasteiger partial charge in [0.1, 0.15) is 0 Å². The molecule has 2 heterocycles. The van der Waals surface area contributed by atoms with Crippen molar-refractivity contribution in [1.82, 2.24) is 15.5 Å². The summed E-state index contributed by atoms with van der Waals surface area (Å²) in [6, 6.07) is 1.08. The van der Waals surface area contributed by atoms with Crippen LogP contribution < -0.4 is 10.2 Å². The second-order valence-corrected chi connectivity index (χ2v) is 6.10. The predicted molar refractivity (Wildman–Crippen MR) is 75.6 cm³/mol. The fourth-order valence-electron chi connectivity index (χ4n) is 3.06. The third-order valence-electron chi connectivity index (χ3n) is 4.01. The Morgan fingerprint density at radius 2 is 2.25 bits per heavy atom. The fraction of sp³-hybridized carbons (Fsp3) is 0.857. The lowest BCUT2D eigenvalue weighted by Crippen LogP contribution is -2.48. The zero-order chi connectivity index (χ0) is 13.9. The van der Waals surface area contributed by atoms with Crippen LogP contribution in [0.5, 0.6) is 0 Å². The van der Waals surface area contributed by atoms with Crippen LogP contribution in [0.2, 0.25) is 0 Å². The Bertz CT molecular complexity index is 435. The Kier molecular flexibility index (Phi) is 4.21. The molecule has 1 N–H and O–H groups in total. The van der Waals surface area contributed by atoms with Gasteiger partial charge in [0, 0.05) is 6.54 Å². The highest BCUT2D eigenvalue weighted by molar-refractivity contribution is 5.29. The molecule has 2 aliphatic rings. The number of nitrogens with one attached hydrogen (secondary N) is 1. The molecule has 0 bridgehead atoms. The van der Waals surface area contributed by atoms with Crippen LogP contribution >= 0.6 is 0 Å². The standard InChI is InChI=1S/C14H24N4O2/c1-10(2)8-15-9-13-16-17-14(20-13)18-6-7-19-12-5-3-4-11(12)18/h10-12,15H,3-9H2,1-2H3. The number of fused-ring (bicyclic) bond motifs is 1. The molecule has 0 amide bonds. The van der Waals surface area contributed by atoms with Gasteiger partial charge in [-0.1, -0.05) is 18.9 Å². The molecule has 3 rings (SSSR count). The minimum absolute atomic E-state index is 0.346. The summed E-state index contributed by atoms with van der Waals surface area (Å²) in [5, 5.41) is 11.7. The largest absolute Gasteiger partial charge is 0.407 e. The highest BCUT2D eigenvalue weighted by Gasteiger charge is 2.38. The predicted octanol–water partition coefficient (Wildman–Crippen LogP) is 1.57. The summed E-state index contributed by atoms with van der Waals surface area (Å²) >= 11 is 0. The first-order valence-electron chi connectivity index (χ1n) is 7.65. The molecule has 1 saturated carbocycles. The third kappa shape index (κ3) is 2.96. The summed E-state index contributed by atoms with van der Waals surface area (Å²) < 4.78 is 11.6. The molecule has 6 heteroatoms. The second-order valence-electron chi connectivity index (χ2n) is 6.10. The number of morpholine rings is 1. The number of ether oxygens (including phenoxy) is 1. The number of nitrogens with zero attached hydrogens (tertiary/aromatic N) is 3. The summed E-state index contributed by atoms with van der Waals surface area (Å²) in [5.74, 6) is 1.29. The molecule has 1 saturated heterocycles. The van der Waals surface area contributed by atoms with Gasteiger partial charge in [0.25, 0.3) is 0 Å². The normalized spacial score (nSPS) is 26.2. The van der Waals surface area contributed by atoms with Crippen LogP contribution in [0.4, 0.5) is 6.01 Å². The molecule has 2 unspecified atom stereocenters. The topological polar surface area (TPSA) is 63.4 Å². The first-order chi connectivity index (χ1) is 9.74. The minimum atomic E-state index is 0.346. The van der Waals surface area contributed by atoms with Crippen molar-refractivity contribution in [1.29, 1.82) is 0 Å². The van der Waals surface area contributed by atoms with Gasteiger partial charge in [0.05, 0.1) is 25.3 Å². The SMILES string of the molecule is CC(C)CNCc1nnc(N2CCOC3CCCC32)o1. The Morgan fingerprint density at radius 1 is 1.35 bits per heavy atom. The fourth-order valence-corrected chi connectivity index (χ4v) is 3.06. The van der Waals surface area contributed by atoms with Crippen LogP contribution in [-0.2, 0) is 11.3 Å². The summed E-state index contributed by atoms with van der Waals surface area (Å²) in [5.41, 5.74) is 0. The van der Waals surface area contributed by atoms with Crippen molar-refractivity contribution in [3.63, 3.8) is 0 Å². The van der Waals surface area contributed by atoms with E-state index in [1.165, 1.54) is 6.42 Å². The van der Waals surface area contributed by atoms with Gasteiger partial charge in [-0.15, -0.1) is 5.10 Å². The van der Waals surface area contributed by atoms with Gasteiger partial charge < -0.3 is 19.4 Å². The molecule has 112 valence electrons. The van der Waals surface area contributed by atoms with Crippen molar-refractivity contribution < 1.29 is 9.15 Å². The third-order valence-corrected chi connectivity index (χ3v) is 4.01. The van der Waals surface area contributed by atoms with E-state index in [-0.39, 0.29) is 0 Å². The van der Waals surface area contributed by atoms with E-state index in [4.69, 9.17) is 9.15 Å². The lowest BCUT2D eigenvalue weighted by molar-refractivity contribution is 0.0235. The average Bonchev–Trinajstić information content (AvgIpc) is 3.06. The Morgan fingerprint density at radius 3 is 3.10 bits per heavy atom. The molecule has 2 atom stereocenters. The molecule has 20 heavy (non-hydrogen) atoms. The van der Waals surface area contributed by atoms with Crippen molar-refractivity contribution >= 4 is 6.01 Å². The van der Waals surface area contributed by atoms with E-state index in [9.17, 15) is 0 Å². The summed E-state index contributed by atoms with van der Waals surface area (Å²) in [6.07, 6.45) is 3.88. The molecule has 6 nitrogen and oxygen atoms in total. The van der Waals surface area contributed by atoms with Crippen LogP contribution in [0.15, 0.2) is 4.42 Å². The van der Waals surface area contributed by atoms with Crippen LogP contribution in [0.3, 0.4) is 0 Å². The molecule has 2 fully saturated rings. The molecular weight excluding hydrogens is 256 g/mol. The van der Waals surface area contributed by atoms with Gasteiger partial charge in [-0.25, -0.2) is 0 Å². The van der Waals surface area contributed by atoms with Crippen LogP contribution in [-0.4, -0.2) is 42.0 Å². The summed E-state index contributed by atoms with van der Waals surface area (Å²) in [4.78, 5) is 2.24. The molecular formula is C14H24N4O2. The first-order valence-corrected chi connectivity index (χ1v) is 7.65. The monoisotopic (exact) mass is 280 g/mol. The molecule has 0 radical (unpaired) electrons. The smallest absolute Gasteiger partial charge is 0.318 e. The Labute approximate surface area is 119 Å². The van der Waals surface area contributed by atoms with Crippen LogP contribution in [0.1, 0.15) is 39.0 Å². The van der Waals surface area contributed by atoms with Gasteiger partial charge >= 0.3 is 6.01 Å². The van der Waals surface area contributed by atoms with Crippen molar-refractivity contribution in [2.45, 2.75) is 51.8 Å². The van der Waals surface area contributed by atoms with Gasteiger partial charge in [-0.3, -0.25) is 0 Å². The van der Waals surface area contributed by atoms with Crippen molar-refractivity contribution in [3.05, 3.63) is 5.89 Å². The van der Waals surface area contributed by atoms with Crippen molar-refractivity contribution in [2.24, 2.45) is 5.92 Å². The van der Waals surface area contributed by atoms with Gasteiger partial charge in [0.15, 0.2) is 0 Å². The van der Waals surface area contributed by atoms with E-state index < -0.39 is 0 Å². The van der Waals surface area contributed by atoms with E-state index in [1.54, 1.807) is 0 Å². The maximum Gasteiger partial charge on any atom is 0.318 e. The molecule has 0 spiro atoms. The van der Waals surface area contributed by atoms with E-state index in [0.717, 1.165) is 32.5 Å². The first kappa shape index (κ1) is 13.8. The maximum atomic E-state index is 5.81. The second kappa shape index (κ2) is 6.10. The van der Waals surface area contributed by atoms with Crippen LogP contribution in [0, 0.1) is 5.92 Å². The quantitative estimate of drug-likeness (QED) is 0.883. The van der Waals surface area contributed by atoms with Crippen molar-refractivity contribution in [3.8, 4) is 0 Å². The molecule has 0 aromatic carbocycles. The Balaban J connectivity index is 1.61. The molecule has 1 aromatic heterocycles. The van der Waals surface area contributed by atoms with E-state index in [1.807, 2.05) is 0 Å². The summed E-state index contributed by atoms with van der Waals surface area (Å²) in [6.45, 7) is 7.57. The number of hydrogen-bond donors (Lipinski definition) is 1.